The lowest BCUT2D eigenvalue weighted by atomic mass is 10.0. The van der Waals surface area contributed by atoms with E-state index in [1.807, 2.05) is 18.2 Å². The fourth-order valence-electron chi connectivity index (χ4n) is 2.59. The van der Waals surface area contributed by atoms with Crippen LogP contribution >= 0.6 is 0 Å². The number of aliphatic hydroxyl groups excluding tert-OH is 1. The molecule has 0 amide bonds. The van der Waals surface area contributed by atoms with E-state index in [9.17, 15) is 5.11 Å². The Kier molecular flexibility index (Phi) is 5.62. The maximum Gasteiger partial charge on any atom is 0.0701 e. The molecule has 0 aliphatic carbocycles. The van der Waals surface area contributed by atoms with Crippen molar-refractivity contribution in [2.45, 2.75) is 39.3 Å². The van der Waals surface area contributed by atoms with Crippen LogP contribution < -0.4 is 5.32 Å². The van der Waals surface area contributed by atoms with E-state index >= 15 is 0 Å². The number of aliphatic hydroxyl groups is 1. The van der Waals surface area contributed by atoms with Crippen molar-refractivity contribution in [1.29, 1.82) is 0 Å². The molecule has 0 spiro atoms. The normalized spacial score (nSPS) is 16.9. The Labute approximate surface area is 122 Å². The topological polar surface area (TPSA) is 35.5 Å². The summed E-state index contributed by atoms with van der Waals surface area (Å²) in [6, 6.07) is 8.54. The predicted octanol–water partition coefficient (Wildman–Crippen LogP) is 3.02. The Morgan fingerprint density at radius 1 is 1.30 bits per heavy atom. The van der Waals surface area contributed by atoms with Gasteiger partial charge in [-0.25, -0.2) is 0 Å². The van der Waals surface area contributed by atoms with E-state index in [-0.39, 0.29) is 6.61 Å². The molecule has 0 saturated carbocycles. The van der Waals surface area contributed by atoms with Gasteiger partial charge >= 0.3 is 0 Å². The summed E-state index contributed by atoms with van der Waals surface area (Å²) < 4.78 is 0. The van der Waals surface area contributed by atoms with Crippen molar-refractivity contribution in [3.05, 3.63) is 41.5 Å². The standard InChI is InChI=1S/C17H26N2O/c1-14(2)7-10-19-11-8-16(9-12-19)18-17-6-4-3-5-15(17)13-20/h3-7,16,18,20H,8-13H2,1-2H3. The highest BCUT2D eigenvalue weighted by Crippen LogP contribution is 2.20. The molecular weight excluding hydrogens is 248 g/mol. The molecule has 1 heterocycles. The second-order valence-corrected chi connectivity index (χ2v) is 5.82. The van der Waals surface area contributed by atoms with Crippen molar-refractivity contribution in [1.82, 2.24) is 4.90 Å². The highest BCUT2D eigenvalue weighted by molar-refractivity contribution is 5.51. The Balaban J connectivity index is 1.84. The van der Waals surface area contributed by atoms with E-state index in [0.29, 0.717) is 6.04 Å². The van der Waals surface area contributed by atoms with Gasteiger partial charge in [0.15, 0.2) is 0 Å². The number of rotatable bonds is 5. The first-order chi connectivity index (χ1) is 9.69. The molecule has 20 heavy (non-hydrogen) atoms. The number of nitrogens with zero attached hydrogens (tertiary/aromatic N) is 1. The highest BCUT2D eigenvalue weighted by Gasteiger charge is 2.18. The van der Waals surface area contributed by atoms with Gasteiger partial charge in [0.1, 0.15) is 0 Å². The second kappa shape index (κ2) is 7.46. The average Bonchev–Trinajstić information content (AvgIpc) is 2.47. The number of benzene rings is 1. The number of hydrogen-bond donors (Lipinski definition) is 2. The molecule has 1 aromatic rings. The molecule has 2 N–H and O–H groups in total. The van der Waals surface area contributed by atoms with Gasteiger partial charge in [0.25, 0.3) is 0 Å². The van der Waals surface area contributed by atoms with Crippen LogP contribution in [-0.4, -0.2) is 35.7 Å². The van der Waals surface area contributed by atoms with Crippen LogP contribution in [0.15, 0.2) is 35.9 Å². The molecular formula is C17H26N2O. The van der Waals surface area contributed by atoms with Crippen molar-refractivity contribution < 1.29 is 5.11 Å². The molecule has 0 atom stereocenters. The summed E-state index contributed by atoms with van der Waals surface area (Å²) in [5.74, 6) is 0. The summed E-state index contributed by atoms with van der Waals surface area (Å²) in [4.78, 5) is 2.50. The third kappa shape index (κ3) is 4.36. The van der Waals surface area contributed by atoms with Gasteiger partial charge in [0, 0.05) is 36.9 Å². The lowest BCUT2D eigenvalue weighted by Crippen LogP contribution is -2.39. The zero-order chi connectivity index (χ0) is 14.4. The molecule has 0 unspecified atom stereocenters. The molecule has 0 bridgehead atoms. The Bertz CT molecular complexity index is 444. The van der Waals surface area contributed by atoms with E-state index in [1.54, 1.807) is 0 Å². The molecule has 1 aliphatic heterocycles. The molecule has 110 valence electrons. The van der Waals surface area contributed by atoms with E-state index < -0.39 is 0 Å². The quantitative estimate of drug-likeness (QED) is 0.810. The number of allylic oxidation sites excluding steroid dienone is 1. The van der Waals surface area contributed by atoms with Crippen LogP contribution in [0.2, 0.25) is 0 Å². The van der Waals surface area contributed by atoms with E-state index in [0.717, 1.165) is 43.7 Å². The summed E-state index contributed by atoms with van der Waals surface area (Å²) in [6.45, 7) is 7.76. The Morgan fingerprint density at radius 3 is 2.65 bits per heavy atom. The summed E-state index contributed by atoms with van der Waals surface area (Å²) in [5, 5.41) is 12.9. The number of nitrogens with one attached hydrogen (secondary N) is 1. The van der Waals surface area contributed by atoms with Crippen LogP contribution in [0, 0.1) is 0 Å². The lowest BCUT2D eigenvalue weighted by molar-refractivity contribution is 0.239. The number of likely N-dealkylation sites (tertiary alicyclic amines) is 1. The summed E-state index contributed by atoms with van der Waals surface area (Å²) in [5.41, 5.74) is 3.46. The number of hydrogen-bond acceptors (Lipinski definition) is 3. The van der Waals surface area contributed by atoms with Gasteiger partial charge in [0.05, 0.1) is 6.61 Å². The maximum absolute atomic E-state index is 9.36. The van der Waals surface area contributed by atoms with E-state index in [4.69, 9.17) is 0 Å². The molecule has 1 fully saturated rings. The third-order valence-corrected chi connectivity index (χ3v) is 3.89. The first kappa shape index (κ1) is 15.1. The Hall–Kier alpha value is -1.32. The van der Waals surface area contributed by atoms with Gasteiger partial charge in [-0.3, -0.25) is 4.90 Å². The molecule has 3 heteroatoms. The molecule has 0 radical (unpaired) electrons. The summed E-state index contributed by atoms with van der Waals surface area (Å²) in [7, 11) is 0. The molecule has 3 nitrogen and oxygen atoms in total. The lowest BCUT2D eigenvalue weighted by Gasteiger charge is -2.32. The maximum atomic E-state index is 9.36. The largest absolute Gasteiger partial charge is 0.392 e. The molecule has 0 aromatic heterocycles. The van der Waals surface area contributed by atoms with Gasteiger partial charge < -0.3 is 10.4 Å². The van der Waals surface area contributed by atoms with Gasteiger partial charge in [0.2, 0.25) is 0 Å². The van der Waals surface area contributed by atoms with Crippen LogP contribution in [0.3, 0.4) is 0 Å². The Morgan fingerprint density at radius 2 is 2.00 bits per heavy atom. The zero-order valence-corrected chi connectivity index (χ0v) is 12.6. The van der Waals surface area contributed by atoms with Crippen molar-refractivity contribution in [3.63, 3.8) is 0 Å². The first-order valence-corrected chi connectivity index (χ1v) is 7.50. The van der Waals surface area contributed by atoms with Gasteiger partial charge in [-0.15, -0.1) is 0 Å². The first-order valence-electron chi connectivity index (χ1n) is 7.50. The van der Waals surface area contributed by atoms with Crippen LogP contribution in [0.25, 0.3) is 0 Å². The average molecular weight is 274 g/mol. The molecule has 1 aromatic carbocycles. The minimum absolute atomic E-state index is 0.0998. The van der Waals surface area contributed by atoms with Crippen LogP contribution in [0.4, 0.5) is 5.69 Å². The minimum atomic E-state index is 0.0998. The van der Waals surface area contributed by atoms with Crippen LogP contribution in [0.1, 0.15) is 32.3 Å². The van der Waals surface area contributed by atoms with Gasteiger partial charge in [-0.2, -0.15) is 0 Å². The predicted molar refractivity (Wildman–Crippen MR) is 84.9 cm³/mol. The molecule has 1 saturated heterocycles. The van der Waals surface area contributed by atoms with Crippen molar-refractivity contribution in [3.8, 4) is 0 Å². The molecule has 2 rings (SSSR count). The van der Waals surface area contributed by atoms with Crippen molar-refractivity contribution >= 4 is 5.69 Å². The van der Waals surface area contributed by atoms with E-state index in [2.05, 4.69) is 36.2 Å². The number of piperidine rings is 1. The fourth-order valence-corrected chi connectivity index (χ4v) is 2.59. The number of para-hydroxylation sites is 1. The SMILES string of the molecule is CC(C)=CCN1CCC(Nc2ccccc2CO)CC1. The smallest absolute Gasteiger partial charge is 0.0701 e. The minimum Gasteiger partial charge on any atom is -0.392 e. The van der Waals surface area contributed by atoms with Crippen molar-refractivity contribution in [2.24, 2.45) is 0 Å². The zero-order valence-electron chi connectivity index (χ0n) is 12.6. The van der Waals surface area contributed by atoms with Gasteiger partial charge in [-0.1, -0.05) is 29.8 Å². The highest BCUT2D eigenvalue weighted by atomic mass is 16.3. The third-order valence-electron chi connectivity index (χ3n) is 3.89. The monoisotopic (exact) mass is 274 g/mol. The van der Waals surface area contributed by atoms with Gasteiger partial charge in [-0.05, 0) is 32.8 Å². The van der Waals surface area contributed by atoms with Crippen LogP contribution in [-0.2, 0) is 6.61 Å². The summed E-state index contributed by atoms with van der Waals surface area (Å²) >= 11 is 0. The second-order valence-electron chi connectivity index (χ2n) is 5.82. The van der Waals surface area contributed by atoms with E-state index in [1.165, 1.54) is 5.57 Å². The number of anilines is 1. The van der Waals surface area contributed by atoms with Crippen molar-refractivity contribution in [2.75, 3.05) is 25.0 Å². The summed E-state index contributed by atoms with van der Waals surface area (Å²) in [6.07, 6.45) is 4.63. The van der Waals surface area contributed by atoms with Crippen LogP contribution in [0.5, 0.6) is 0 Å². The molecule has 1 aliphatic rings. The fraction of sp³-hybridized carbons (Fsp3) is 0.529.